The average Bonchev–Trinajstić information content (AvgIpc) is 3.15. The molecule has 5 rings (SSSR count). The average molecular weight is 440 g/mol. The quantitative estimate of drug-likeness (QED) is 0.251. The molecule has 9 nitrogen and oxygen atoms in total. The Balaban J connectivity index is 1.64. The zero-order chi connectivity index (χ0) is 23.1. The van der Waals surface area contributed by atoms with E-state index in [0.29, 0.717) is 33.5 Å². The Labute approximate surface area is 188 Å². The number of anilines is 2. The van der Waals surface area contributed by atoms with Gasteiger partial charge in [0.15, 0.2) is 11.4 Å². The van der Waals surface area contributed by atoms with Gasteiger partial charge < -0.3 is 16.8 Å². The van der Waals surface area contributed by atoms with Gasteiger partial charge in [-0.1, -0.05) is 30.3 Å². The summed E-state index contributed by atoms with van der Waals surface area (Å²) in [6.07, 6.45) is 3.31. The molecule has 1 unspecified atom stereocenters. The van der Waals surface area contributed by atoms with Crippen LogP contribution in [-0.4, -0.2) is 20.6 Å². The molecule has 0 aliphatic rings. The molecular formula is C24H22N7O2+. The Kier molecular flexibility index (Phi) is 4.78. The van der Waals surface area contributed by atoms with Crippen LogP contribution >= 0.6 is 0 Å². The van der Waals surface area contributed by atoms with Crippen LogP contribution in [0.3, 0.4) is 0 Å². The first-order valence-electron chi connectivity index (χ1n) is 10.4. The molecule has 3 heterocycles. The summed E-state index contributed by atoms with van der Waals surface area (Å²) in [7, 11) is 0. The number of carbonyl (C=O) groups is 1. The van der Waals surface area contributed by atoms with Gasteiger partial charge in [-0.25, -0.2) is 5.10 Å². The highest BCUT2D eigenvalue weighted by atomic mass is 16.2. The standard InChI is InChI=1S/C24H21N7O2/c1-14(28-23(32)20-21(26)29-30-12-6-11-27-22(20)30)18-13-15-7-5-10-17(25)19(15)24(33)31(18)16-8-3-2-4-9-16/h2-14H,1H3,(H5,25,26,28,29,32,33)/p+1. The summed E-state index contributed by atoms with van der Waals surface area (Å²) in [5.74, 6) is -0.206. The van der Waals surface area contributed by atoms with Gasteiger partial charge in [0.25, 0.3) is 11.5 Å². The van der Waals surface area contributed by atoms with Crippen molar-refractivity contribution in [3.8, 4) is 5.69 Å². The Morgan fingerprint density at radius 3 is 2.70 bits per heavy atom. The van der Waals surface area contributed by atoms with Crippen LogP contribution in [-0.2, 0) is 0 Å². The second-order valence-electron chi connectivity index (χ2n) is 7.77. The van der Waals surface area contributed by atoms with Gasteiger partial charge >= 0.3 is 5.65 Å². The number of benzene rings is 2. The van der Waals surface area contributed by atoms with Crippen molar-refractivity contribution < 1.29 is 9.31 Å². The van der Waals surface area contributed by atoms with Gasteiger partial charge in [0.2, 0.25) is 0 Å². The van der Waals surface area contributed by atoms with Crippen LogP contribution in [0, 0.1) is 0 Å². The number of aromatic nitrogens is 4. The summed E-state index contributed by atoms with van der Waals surface area (Å²) in [5.41, 5.74) is 14.3. The van der Waals surface area contributed by atoms with Gasteiger partial charge in [-0.2, -0.15) is 0 Å². The number of H-pyrrole nitrogens is 1. The van der Waals surface area contributed by atoms with E-state index in [0.717, 1.165) is 0 Å². The monoisotopic (exact) mass is 440 g/mol. The number of nitrogens with zero attached hydrogens (tertiary/aromatic N) is 3. The van der Waals surface area contributed by atoms with Gasteiger partial charge in [0, 0.05) is 23.1 Å². The van der Waals surface area contributed by atoms with Gasteiger partial charge in [-0.15, -0.1) is 4.52 Å². The fraction of sp³-hybridized carbons (Fsp3) is 0.0833. The molecule has 6 N–H and O–H groups in total. The molecule has 0 fully saturated rings. The zero-order valence-corrected chi connectivity index (χ0v) is 17.8. The number of carbonyl (C=O) groups excluding carboxylic acids is 1. The third-order valence-corrected chi connectivity index (χ3v) is 5.62. The molecule has 5 aromatic rings. The molecule has 0 radical (unpaired) electrons. The van der Waals surface area contributed by atoms with Crippen molar-refractivity contribution >= 4 is 33.8 Å². The summed E-state index contributed by atoms with van der Waals surface area (Å²) in [6.45, 7) is 1.82. The molecule has 0 saturated heterocycles. The molecule has 164 valence electrons. The van der Waals surface area contributed by atoms with Crippen LogP contribution in [0.1, 0.15) is 29.0 Å². The number of hydrogen-bond donors (Lipinski definition) is 4. The van der Waals surface area contributed by atoms with E-state index in [2.05, 4.69) is 15.4 Å². The van der Waals surface area contributed by atoms with E-state index in [4.69, 9.17) is 11.5 Å². The fourth-order valence-electron chi connectivity index (χ4n) is 4.09. The van der Waals surface area contributed by atoms with Crippen molar-refractivity contribution in [2.45, 2.75) is 13.0 Å². The Hall–Kier alpha value is -4.66. The number of fused-ring (bicyclic) bond motifs is 2. The van der Waals surface area contributed by atoms with Crippen molar-refractivity contribution in [2.75, 3.05) is 11.5 Å². The van der Waals surface area contributed by atoms with Crippen LogP contribution in [0.4, 0.5) is 11.5 Å². The Morgan fingerprint density at radius 1 is 1.12 bits per heavy atom. The maximum absolute atomic E-state index is 13.6. The van der Waals surface area contributed by atoms with Gasteiger partial charge in [0.05, 0.1) is 11.4 Å². The summed E-state index contributed by atoms with van der Waals surface area (Å²) in [5, 5.41) is 7.00. The Morgan fingerprint density at radius 2 is 1.91 bits per heavy atom. The van der Waals surface area contributed by atoms with Crippen LogP contribution in [0.5, 0.6) is 0 Å². The lowest BCUT2D eigenvalue weighted by Crippen LogP contribution is -2.33. The van der Waals surface area contributed by atoms with Crippen LogP contribution in [0.2, 0.25) is 0 Å². The molecule has 0 bridgehead atoms. The van der Waals surface area contributed by atoms with E-state index in [1.807, 2.05) is 49.4 Å². The Bertz CT molecular complexity index is 1570. The lowest BCUT2D eigenvalue weighted by molar-refractivity contribution is -0.577. The number of nitrogens with two attached hydrogens (primary N) is 2. The normalized spacial score (nSPS) is 12.2. The second kappa shape index (κ2) is 7.79. The molecule has 1 atom stereocenters. The van der Waals surface area contributed by atoms with E-state index >= 15 is 0 Å². The number of amides is 1. The highest BCUT2D eigenvalue weighted by Crippen LogP contribution is 2.24. The van der Waals surface area contributed by atoms with E-state index < -0.39 is 11.9 Å². The third-order valence-electron chi connectivity index (χ3n) is 5.62. The summed E-state index contributed by atoms with van der Waals surface area (Å²) in [6, 6.07) is 17.6. The smallest absolute Gasteiger partial charge is 0.362 e. The predicted octanol–water partition coefficient (Wildman–Crippen LogP) is 2.11. The number of rotatable bonds is 4. The van der Waals surface area contributed by atoms with Crippen LogP contribution in [0.25, 0.3) is 22.1 Å². The van der Waals surface area contributed by atoms with Crippen LogP contribution in [0.15, 0.2) is 77.9 Å². The van der Waals surface area contributed by atoms with E-state index in [-0.39, 0.29) is 16.9 Å². The molecule has 0 spiro atoms. The van der Waals surface area contributed by atoms with Crippen molar-refractivity contribution in [2.24, 2.45) is 0 Å². The molecule has 9 heteroatoms. The van der Waals surface area contributed by atoms with E-state index in [9.17, 15) is 9.59 Å². The van der Waals surface area contributed by atoms with E-state index in [1.54, 1.807) is 39.7 Å². The molecule has 2 aromatic carbocycles. The lowest BCUT2D eigenvalue weighted by atomic mass is 10.1. The number of nitrogens with one attached hydrogen (secondary N) is 2. The lowest BCUT2D eigenvalue weighted by Gasteiger charge is -2.21. The fourth-order valence-corrected chi connectivity index (χ4v) is 4.09. The minimum Gasteiger partial charge on any atom is -0.398 e. The minimum absolute atomic E-state index is 0.199. The molecule has 33 heavy (non-hydrogen) atoms. The van der Waals surface area contributed by atoms with Gasteiger partial charge in [-0.05, 0) is 41.6 Å². The van der Waals surface area contributed by atoms with Crippen molar-refractivity contribution in [1.29, 1.82) is 0 Å². The number of para-hydroxylation sites is 1. The first kappa shape index (κ1) is 20.3. The zero-order valence-electron chi connectivity index (χ0n) is 17.8. The third kappa shape index (κ3) is 3.35. The van der Waals surface area contributed by atoms with Gasteiger partial charge in [-0.3, -0.25) is 14.2 Å². The topological polar surface area (TPSA) is 136 Å². The number of aromatic amines is 1. The van der Waals surface area contributed by atoms with Crippen molar-refractivity contribution in [1.82, 2.24) is 20.0 Å². The molecule has 3 aromatic heterocycles. The summed E-state index contributed by atoms with van der Waals surface area (Å²) >= 11 is 0. The van der Waals surface area contributed by atoms with Gasteiger partial charge in [0.1, 0.15) is 12.4 Å². The first-order valence-corrected chi connectivity index (χ1v) is 10.4. The summed E-state index contributed by atoms with van der Waals surface area (Å²) in [4.78, 5) is 31.0. The minimum atomic E-state index is -0.533. The van der Waals surface area contributed by atoms with Crippen molar-refractivity contribution in [3.63, 3.8) is 0 Å². The predicted molar refractivity (Wildman–Crippen MR) is 126 cm³/mol. The number of hydrogen-bond acceptors (Lipinski definition) is 5. The SMILES string of the molecule is CC(NC(=O)c1c(N)[nH][n+]2cccnc12)c1cc2cccc(N)c2c(=O)n1-c1ccccc1. The highest BCUT2D eigenvalue weighted by Gasteiger charge is 2.27. The maximum atomic E-state index is 13.6. The summed E-state index contributed by atoms with van der Waals surface area (Å²) < 4.78 is 3.16. The van der Waals surface area contributed by atoms with E-state index in [1.165, 1.54) is 0 Å². The van der Waals surface area contributed by atoms with Crippen LogP contribution < -0.4 is 26.9 Å². The highest BCUT2D eigenvalue weighted by molar-refractivity contribution is 6.03. The molecule has 1 amide bonds. The molecule has 0 saturated carbocycles. The number of nitrogen functional groups attached to an aromatic ring is 2. The largest absolute Gasteiger partial charge is 0.398 e. The molecular weight excluding hydrogens is 418 g/mol. The first-order chi connectivity index (χ1) is 16.0. The maximum Gasteiger partial charge on any atom is 0.362 e. The second-order valence-corrected chi connectivity index (χ2v) is 7.77. The molecule has 0 aliphatic heterocycles. The number of pyridine rings is 1. The molecule has 0 aliphatic carbocycles. The van der Waals surface area contributed by atoms with Crippen molar-refractivity contribution in [3.05, 3.63) is 94.7 Å².